The van der Waals surface area contributed by atoms with E-state index in [0.717, 1.165) is 53.5 Å². The molecule has 3 aromatic heterocycles. The second-order valence-electron chi connectivity index (χ2n) is 10.4. The van der Waals surface area contributed by atoms with Crippen molar-refractivity contribution >= 4 is 22.5 Å². The van der Waals surface area contributed by atoms with Crippen LogP contribution in [-0.4, -0.2) is 30.1 Å². The van der Waals surface area contributed by atoms with Crippen molar-refractivity contribution in [2.45, 2.75) is 64.2 Å². The Morgan fingerprint density at radius 1 is 1.08 bits per heavy atom. The number of furan rings is 1. The zero-order valence-corrected chi connectivity index (χ0v) is 22.6. The molecule has 0 saturated heterocycles. The van der Waals surface area contributed by atoms with Crippen LogP contribution in [0.5, 0.6) is 0 Å². The van der Waals surface area contributed by atoms with E-state index in [1.54, 1.807) is 6.26 Å². The van der Waals surface area contributed by atoms with E-state index in [2.05, 4.69) is 31.5 Å². The molecule has 2 aromatic carbocycles. The first kappa shape index (κ1) is 25.5. The minimum atomic E-state index is -0.544. The van der Waals surface area contributed by atoms with Crippen LogP contribution in [0.15, 0.2) is 76.1 Å². The Morgan fingerprint density at radius 3 is 2.72 bits per heavy atom. The number of fused-ring (bicyclic) bond motifs is 1. The first-order valence-corrected chi connectivity index (χ1v) is 13.9. The summed E-state index contributed by atoms with van der Waals surface area (Å²) in [5.74, 6) is 1.43. The van der Waals surface area contributed by atoms with Crippen molar-refractivity contribution < 1.29 is 4.42 Å². The van der Waals surface area contributed by atoms with Crippen LogP contribution < -0.4 is 5.56 Å². The van der Waals surface area contributed by atoms with Crippen LogP contribution in [0, 0.1) is 6.92 Å². The second kappa shape index (κ2) is 11.2. The molecule has 0 bridgehead atoms. The van der Waals surface area contributed by atoms with Gasteiger partial charge in [-0.1, -0.05) is 60.7 Å². The molecule has 1 aliphatic carbocycles. The van der Waals surface area contributed by atoms with Crippen molar-refractivity contribution in [1.29, 1.82) is 0 Å². The molecule has 8 nitrogen and oxygen atoms in total. The van der Waals surface area contributed by atoms with E-state index in [9.17, 15) is 4.79 Å². The maximum absolute atomic E-state index is 13.8. The third-order valence-electron chi connectivity index (χ3n) is 7.64. The third-order valence-corrected chi connectivity index (χ3v) is 8.01. The Hall–Kier alpha value is -3.75. The number of benzene rings is 2. The van der Waals surface area contributed by atoms with Gasteiger partial charge < -0.3 is 9.40 Å². The molecule has 3 heterocycles. The molecule has 1 atom stereocenters. The van der Waals surface area contributed by atoms with Gasteiger partial charge in [-0.3, -0.25) is 9.69 Å². The summed E-state index contributed by atoms with van der Waals surface area (Å²) in [5, 5.41) is 14.8. The normalized spacial score (nSPS) is 15.3. The molecule has 0 spiro atoms. The van der Waals surface area contributed by atoms with Gasteiger partial charge in [0.15, 0.2) is 5.82 Å². The molecule has 1 saturated carbocycles. The number of aromatic amines is 1. The van der Waals surface area contributed by atoms with Gasteiger partial charge in [0, 0.05) is 22.6 Å². The summed E-state index contributed by atoms with van der Waals surface area (Å²) >= 11 is 6.64. The standard InChI is InChI=1S/C30H31ClN6O2/c1-20-13-14-27-22(16-20)17-25(30(38)32-27)28(29-33-34-35-37(29)23-9-3-2-4-10-23)36(19-24-11-7-15-39-24)18-21-8-5-6-12-26(21)31/h5-8,11-17,23,28H,2-4,9-10,18-19H2,1H3,(H,32,38)/t28-/m0/s1. The highest BCUT2D eigenvalue weighted by Gasteiger charge is 2.33. The van der Waals surface area contributed by atoms with Crippen LogP contribution in [0.2, 0.25) is 5.02 Å². The second-order valence-corrected chi connectivity index (χ2v) is 10.8. The van der Waals surface area contributed by atoms with Crippen LogP contribution in [-0.2, 0) is 13.1 Å². The van der Waals surface area contributed by atoms with Crippen LogP contribution in [0.4, 0.5) is 0 Å². The summed E-state index contributed by atoms with van der Waals surface area (Å²) < 4.78 is 7.73. The molecule has 1 N–H and O–H groups in total. The van der Waals surface area contributed by atoms with Crippen molar-refractivity contribution in [3.63, 3.8) is 0 Å². The van der Waals surface area contributed by atoms with E-state index in [-0.39, 0.29) is 11.6 Å². The number of aryl methyl sites for hydroxylation is 1. The molecule has 9 heteroatoms. The lowest BCUT2D eigenvalue weighted by atomic mass is 9.95. The predicted molar refractivity (Wildman–Crippen MR) is 150 cm³/mol. The maximum Gasteiger partial charge on any atom is 0.253 e. The summed E-state index contributed by atoms with van der Waals surface area (Å²) in [4.78, 5) is 19.0. The monoisotopic (exact) mass is 542 g/mol. The highest BCUT2D eigenvalue weighted by atomic mass is 35.5. The zero-order valence-electron chi connectivity index (χ0n) is 21.9. The van der Waals surface area contributed by atoms with Gasteiger partial charge in [0.05, 0.1) is 18.8 Å². The maximum atomic E-state index is 13.8. The molecule has 1 aliphatic rings. The SMILES string of the molecule is Cc1ccc2[nH]c(=O)c([C@@H](c3nnnn3C3CCCCC3)N(Cc3ccco3)Cc3ccccc3Cl)cc2c1. The quantitative estimate of drug-likeness (QED) is 0.245. The summed E-state index contributed by atoms with van der Waals surface area (Å²) in [6.45, 7) is 2.95. The Kier molecular flexibility index (Phi) is 7.30. The van der Waals surface area contributed by atoms with E-state index in [4.69, 9.17) is 16.0 Å². The number of pyridine rings is 1. The van der Waals surface area contributed by atoms with E-state index in [1.165, 1.54) is 6.42 Å². The Bertz CT molecular complexity index is 1620. The Balaban J connectivity index is 1.54. The van der Waals surface area contributed by atoms with Crippen LogP contribution >= 0.6 is 11.6 Å². The molecule has 5 aromatic rings. The van der Waals surface area contributed by atoms with Gasteiger partial charge in [0.2, 0.25) is 0 Å². The van der Waals surface area contributed by atoms with Crippen molar-refractivity contribution in [3.05, 3.63) is 111 Å². The number of nitrogens with zero attached hydrogens (tertiary/aromatic N) is 5. The van der Waals surface area contributed by atoms with Crippen LogP contribution in [0.1, 0.15) is 72.5 Å². The number of nitrogens with one attached hydrogen (secondary N) is 1. The van der Waals surface area contributed by atoms with Crippen LogP contribution in [0.25, 0.3) is 10.9 Å². The van der Waals surface area contributed by atoms with Gasteiger partial charge in [-0.25, -0.2) is 4.68 Å². The van der Waals surface area contributed by atoms with E-state index < -0.39 is 6.04 Å². The molecular formula is C30H31ClN6O2. The molecule has 1 fully saturated rings. The molecular weight excluding hydrogens is 512 g/mol. The van der Waals surface area contributed by atoms with Gasteiger partial charge in [-0.15, -0.1) is 5.10 Å². The van der Waals surface area contributed by atoms with E-state index >= 15 is 0 Å². The number of hydrogen-bond acceptors (Lipinski definition) is 6. The molecule has 0 amide bonds. The Morgan fingerprint density at radius 2 is 1.92 bits per heavy atom. The van der Waals surface area contributed by atoms with Gasteiger partial charge in [-0.2, -0.15) is 0 Å². The summed E-state index contributed by atoms with van der Waals surface area (Å²) in [6.07, 6.45) is 7.19. The number of rotatable bonds is 8. The predicted octanol–water partition coefficient (Wildman–Crippen LogP) is 6.37. The number of tetrazole rings is 1. The highest BCUT2D eigenvalue weighted by Crippen LogP contribution is 2.35. The number of aromatic nitrogens is 5. The Labute approximate surface area is 231 Å². The topological polar surface area (TPSA) is 92.8 Å². The highest BCUT2D eigenvalue weighted by molar-refractivity contribution is 6.31. The average Bonchev–Trinajstić information content (AvgIpc) is 3.64. The smallest absolute Gasteiger partial charge is 0.253 e. The lowest BCUT2D eigenvalue weighted by Crippen LogP contribution is -2.35. The molecule has 0 radical (unpaired) electrons. The fourth-order valence-electron chi connectivity index (χ4n) is 5.70. The average molecular weight is 543 g/mol. The summed E-state index contributed by atoms with van der Waals surface area (Å²) in [7, 11) is 0. The largest absolute Gasteiger partial charge is 0.468 e. The molecule has 39 heavy (non-hydrogen) atoms. The fraction of sp³-hybridized carbons (Fsp3) is 0.333. The van der Waals surface area contributed by atoms with Gasteiger partial charge in [0.25, 0.3) is 5.56 Å². The molecule has 0 aliphatic heterocycles. The van der Waals surface area contributed by atoms with E-state index in [0.29, 0.717) is 29.5 Å². The van der Waals surface area contributed by atoms with Gasteiger partial charge in [0.1, 0.15) is 11.8 Å². The fourth-order valence-corrected chi connectivity index (χ4v) is 5.89. The number of halogens is 1. The van der Waals surface area contributed by atoms with Crippen molar-refractivity contribution in [2.75, 3.05) is 0 Å². The molecule has 0 unspecified atom stereocenters. The lowest BCUT2D eigenvalue weighted by Gasteiger charge is -2.32. The molecule has 200 valence electrons. The van der Waals surface area contributed by atoms with Crippen LogP contribution in [0.3, 0.4) is 0 Å². The molecule has 6 rings (SSSR count). The first-order chi connectivity index (χ1) is 19.1. The summed E-state index contributed by atoms with van der Waals surface area (Å²) in [5.41, 5.74) is 3.27. The van der Waals surface area contributed by atoms with Gasteiger partial charge >= 0.3 is 0 Å². The number of hydrogen-bond donors (Lipinski definition) is 1. The van der Waals surface area contributed by atoms with E-state index in [1.807, 2.05) is 66.2 Å². The van der Waals surface area contributed by atoms with Crippen molar-refractivity contribution in [3.8, 4) is 0 Å². The van der Waals surface area contributed by atoms with Gasteiger partial charge in [-0.05, 0) is 77.5 Å². The summed E-state index contributed by atoms with van der Waals surface area (Å²) in [6, 6.07) is 19.2. The number of H-pyrrole nitrogens is 1. The first-order valence-electron chi connectivity index (χ1n) is 13.5. The lowest BCUT2D eigenvalue weighted by molar-refractivity contribution is 0.173. The minimum absolute atomic E-state index is 0.168. The van der Waals surface area contributed by atoms with Crippen molar-refractivity contribution in [1.82, 2.24) is 30.1 Å². The van der Waals surface area contributed by atoms with Crippen molar-refractivity contribution in [2.24, 2.45) is 0 Å². The minimum Gasteiger partial charge on any atom is -0.468 e. The third kappa shape index (κ3) is 5.40. The zero-order chi connectivity index (χ0) is 26.8.